The monoisotopic (exact) mass is 689 g/mol. The summed E-state index contributed by atoms with van der Waals surface area (Å²) in [7, 11) is -1.98. The fourth-order valence-corrected chi connectivity index (χ4v) is 6.40. The van der Waals surface area contributed by atoms with Crippen molar-refractivity contribution in [1.29, 1.82) is 0 Å². The second-order valence-electron chi connectivity index (χ2n) is 15.4. The number of aliphatic hydroxyl groups is 2. The average molecular weight is 690 g/mol. The van der Waals surface area contributed by atoms with E-state index in [1.54, 1.807) is 30.8 Å². The summed E-state index contributed by atoms with van der Waals surface area (Å²) in [4.78, 5) is 9.81. The van der Waals surface area contributed by atoms with Gasteiger partial charge >= 0.3 is 0 Å². The molecule has 2 atom stereocenters. The van der Waals surface area contributed by atoms with Gasteiger partial charge in [-0.1, -0.05) is 58.1 Å². The molecule has 3 aromatic heterocycles. The van der Waals surface area contributed by atoms with Crippen molar-refractivity contribution in [2.45, 2.75) is 116 Å². The first-order chi connectivity index (χ1) is 22.1. The molecule has 0 aliphatic carbocycles. The lowest BCUT2D eigenvalue weighted by Crippen LogP contribution is -2.51. The summed E-state index contributed by atoms with van der Waals surface area (Å²) in [5.41, 5.74) is 1.12. The van der Waals surface area contributed by atoms with Crippen LogP contribution in [0.15, 0.2) is 54.7 Å². The van der Waals surface area contributed by atoms with E-state index in [4.69, 9.17) is 19.5 Å². The number of pyridine rings is 2. The van der Waals surface area contributed by atoms with E-state index < -0.39 is 35.8 Å². The molecule has 9 nitrogen and oxygen atoms in total. The Morgan fingerprint density at radius 1 is 0.979 bits per heavy atom. The summed E-state index contributed by atoms with van der Waals surface area (Å²) >= 11 is -1.53. The van der Waals surface area contributed by atoms with Crippen LogP contribution < -0.4 is 4.72 Å². The Bertz CT molecular complexity index is 1810. The summed E-state index contributed by atoms with van der Waals surface area (Å²) in [6.07, 6.45) is 2.72. The lowest BCUT2D eigenvalue weighted by atomic mass is 10.0. The van der Waals surface area contributed by atoms with Gasteiger partial charge in [-0.15, -0.1) is 4.72 Å². The molecule has 3 N–H and O–H groups in total. The fourth-order valence-electron chi connectivity index (χ4n) is 4.64. The second-order valence-corrected chi connectivity index (χ2v) is 22.1. The molecule has 4 aromatic rings. The summed E-state index contributed by atoms with van der Waals surface area (Å²) < 4.78 is 23.7. The predicted octanol–water partition coefficient (Wildman–Crippen LogP) is 7.12. The average Bonchev–Trinajstić information content (AvgIpc) is 3.42. The van der Waals surface area contributed by atoms with Gasteiger partial charge in [0.05, 0.1) is 35.4 Å². The fraction of sp³-hybridized carbons (Fsp3) is 0.486. The van der Waals surface area contributed by atoms with Crippen molar-refractivity contribution in [2.75, 3.05) is 0 Å². The van der Waals surface area contributed by atoms with E-state index in [0.717, 1.165) is 22.2 Å². The number of nitrogens with one attached hydrogen (secondary N) is 1. The number of rotatable bonds is 10. The van der Waals surface area contributed by atoms with Crippen LogP contribution in [0.5, 0.6) is 0 Å². The summed E-state index contributed by atoms with van der Waals surface area (Å²) in [5.74, 6) is 6.72. The van der Waals surface area contributed by atoms with E-state index in [0.29, 0.717) is 42.2 Å². The van der Waals surface area contributed by atoms with Crippen LogP contribution in [0, 0.1) is 11.8 Å². The summed E-state index contributed by atoms with van der Waals surface area (Å²) in [5, 5.41) is 27.8. The Morgan fingerprint density at radius 2 is 1.67 bits per heavy atom. The lowest BCUT2D eigenvalue weighted by Gasteiger charge is -2.36. The number of nitrogens with zero attached hydrogens (tertiary/aromatic N) is 4. The van der Waals surface area contributed by atoms with E-state index in [1.807, 2.05) is 70.2 Å². The van der Waals surface area contributed by atoms with Crippen LogP contribution in [-0.4, -0.2) is 53.2 Å². The Morgan fingerprint density at radius 3 is 2.29 bits per heavy atom. The molecule has 0 aliphatic rings. The van der Waals surface area contributed by atoms with Crippen molar-refractivity contribution in [3.05, 3.63) is 71.7 Å². The first-order valence-electron chi connectivity index (χ1n) is 16.4. The number of benzene rings is 1. The van der Waals surface area contributed by atoms with E-state index in [9.17, 15) is 14.8 Å². The van der Waals surface area contributed by atoms with Crippen LogP contribution in [0.1, 0.15) is 92.1 Å². The molecule has 258 valence electrons. The van der Waals surface area contributed by atoms with Crippen molar-refractivity contribution >= 4 is 30.6 Å². The summed E-state index contributed by atoms with van der Waals surface area (Å²) in [6, 6.07) is 15.1. The van der Waals surface area contributed by atoms with Gasteiger partial charge in [-0.25, -0.2) is 14.6 Å². The maximum atomic E-state index is 13.1. The van der Waals surface area contributed by atoms with Gasteiger partial charge in [0.25, 0.3) is 0 Å². The topological polar surface area (TPSA) is 128 Å². The maximum absolute atomic E-state index is 13.1. The van der Waals surface area contributed by atoms with Gasteiger partial charge in [-0.05, 0) is 95.6 Å². The molecule has 11 heteroatoms. The number of aromatic nitrogens is 4. The molecule has 3 heterocycles. The zero-order valence-electron chi connectivity index (χ0n) is 30.2. The highest BCUT2D eigenvalue weighted by molar-refractivity contribution is 7.90. The van der Waals surface area contributed by atoms with E-state index in [1.165, 1.54) is 0 Å². The van der Waals surface area contributed by atoms with Gasteiger partial charge in [-0.2, -0.15) is 5.10 Å². The van der Waals surface area contributed by atoms with Crippen LogP contribution >= 0.6 is 0 Å². The third-order valence-electron chi connectivity index (χ3n) is 8.49. The van der Waals surface area contributed by atoms with Gasteiger partial charge in [0, 0.05) is 27.9 Å². The van der Waals surface area contributed by atoms with Gasteiger partial charge in [-0.3, -0.25) is 0 Å². The normalized spacial score (nSPS) is 14.8. The molecule has 2 unspecified atom stereocenters. The minimum absolute atomic E-state index is 0.0804. The molecular weight excluding hydrogens is 639 g/mol. The van der Waals surface area contributed by atoms with Crippen LogP contribution in [0.4, 0.5) is 0 Å². The second kappa shape index (κ2) is 14.0. The predicted molar refractivity (Wildman–Crippen MR) is 197 cm³/mol. The largest absolute Gasteiger partial charge is 0.598 e. The maximum Gasteiger partial charge on any atom is 0.200 e. The minimum atomic E-state index is -1.98. The smallest absolute Gasteiger partial charge is 0.200 e. The SMILES string of the molecule is CCCC(O)(N[S+]([O-])C(C)(C)C)c1cccc(-c2cc(C#CC(C)(C)O)c3cnn(-c4cccc(CO[Si](C)(C)C(C)(C)C)n4)c3c2)n1. The Labute approximate surface area is 290 Å². The molecule has 0 saturated heterocycles. The quantitative estimate of drug-likeness (QED) is 0.0695. The Kier molecular flexibility index (Phi) is 11.0. The third-order valence-corrected chi connectivity index (χ3v) is 14.6. The number of fused-ring (bicyclic) bond motifs is 1. The molecule has 0 radical (unpaired) electrons. The van der Waals surface area contributed by atoms with E-state index in [2.05, 4.69) is 50.4 Å². The molecule has 0 spiro atoms. The standard InChI is InChI=1S/C37H51N5O4SSi/c1-12-20-37(44,41-47(45)34(2,3)4)32-17-14-16-30(40-32)27-22-26(19-21-36(8,9)43)29-24-38-42(31(29)23-27)33-18-13-15-28(39-33)25-46-48(10,11)35(5,6)7/h13-18,22-24,41,43-44H,12,20,25H2,1-11H3. The molecule has 0 amide bonds. The van der Waals surface area contributed by atoms with Gasteiger partial charge in [0.15, 0.2) is 19.9 Å². The summed E-state index contributed by atoms with van der Waals surface area (Å²) in [6.45, 7) is 22.3. The van der Waals surface area contributed by atoms with Crippen LogP contribution in [-0.2, 0) is 28.1 Å². The minimum Gasteiger partial charge on any atom is -0.598 e. The van der Waals surface area contributed by atoms with E-state index >= 15 is 0 Å². The molecule has 4 rings (SSSR count). The zero-order valence-corrected chi connectivity index (χ0v) is 32.0. The van der Waals surface area contributed by atoms with Crippen LogP contribution in [0.25, 0.3) is 28.0 Å². The lowest BCUT2D eigenvalue weighted by molar-refractivity contribution is 0.0101. The van der Waals surface area contributed by atoms with Gasteiger partial charge in [0.2, 0.25) is 0 Å². The zero-order chi connectivity index (χ0) is 35.7. The first kappa shape index (κ1) is 37.7. The van der Waals surface area contributed by atoms with E-state index in [-0.39, 0.29) is 5.04 Å². The molecule has 48 heavy (non-hydrogen) atoms. The van der Waals surface area contributed by atoms with Gasteiger partial charge in [0.1, 0.15) is 10.3 Å². The van der Waals surface area contributed by atoms with Crippen molar-refractivity contribution in [2.24, 2.45) is 0 Å². The van der Waals surface area contributed by atoms with Crippen LogP contribution in [0.3, 0.4) is 0 Å². The molecule has 0 saturated carbocycles. The Balaban J connectivity index is 1.84. The Hall–Kier alpha value is -3.08. The highest BCUT2D eigenvalue weighted by Crippen LogP contribution is 2.37. The molecular formula is C37H51N5O4SSi. The van der Waals surface area contributed by atoms with Crippen molar-refractivity contribution in [3.8, 4) is 28.9 Å². The third kappa shape index (κ3) is 8.93. The number of hydrogen-bond donors (Lipinski definition) is 3. The van der Waals surface area contributed by atoms with Crippen LogP contribution in [0.2, 0.25) is 18.1 Å². The van der Waals surface area contributed by atoms with Crippen molar-refractivity contribution in [1.82, 2.24) is 24.5 Å². The number of hydrogen-bond acceptors (Lipinski definition) is 8. The van der Waals surface area contributed by atoms with Crippen molar-refractivity contribution < 1.29 is 19.2 Å². The molecule has 0 aliphatic heterocycles. The van der Waals surface area contributed by atoms with Crippen molar-refractivity contribution in [3.63, 3.8) is 0 Å². The molecule has 0 fully saturated rings. The van der Waals surface area contributed by atoms with Gasteiger partial charge < -0.3 is 19.2 Å². The molecule has 0 bridgehead atoms. The highest BCUT2D eigenvalue weighted by Gasteiger charge is 2.40. The highest BCUT2D eigenvalue weighted by atomic mass is 32.2. The first-order valence-corrected chi connectivity index (χ1v) is 20.5. The molecule has 1 aromatic carbocycles.